The van der Waals surface area contributed by atoms with E-state index in [4.69, 9.17) is 0 Å². The summed E-state index contributed by atoms with van der Waals surface area (Å²) in [6, 6.07) is 12.9. The van der Waals surface area contributed by atoms with E-state index in [-0.39, 0.29) is 11.8 Å². The van der Waals surface area contributed by atoms with Crippen molar-refractivity contribution in [3.8, 4) is 0 Å². The second kappa shape index (κ2) is 7.79. The van der Waals surface area contributed by atoms with Crippen LogP contribution in [0.5, 0.6) is 0 Å². The lowest BCUT2D eigenvalue weighted by atomic mass is 9.95. The molecule has 0 bridgehead atoms. The third kappa shape index (κ3) is 6.41. The quantitative estimate of drug-likeness (QED) is 0.730. The summed E-state index contributed by atoms with van der Waals surface area (Å²) in [6.07, 6.45) is 1.06. The van der Waals surface area contributed by atoms with Crippen LogP contribution < -0.4 is 15.4 Å². The Kier molecular flexibility index (Phi) is 5.90. The standard InChI is InChI=1S/C19H23N3O4S/c1-19(2,3)18(24)21-16-7-5-6-13(12-16)17(23)20-14-8-10-15(11-9-14)22-27(4,25)26/h5-12,22H,1-4H3,(H,20,23)(H,21,24). The number of rotatable bonds is 5. The molecule has 0 aliphatic carbocycles. The lowest BCUT2D eigenvalue weighted by molar-refractivity contribution is -0.123. The first-order valence-corrected chi connectivity index (χ1v) is 10.1. The van der Waals surface area contributed by atoms with Crippen molar-refractivity contribution >= 4 is 38.9 Å². The lowest BCUT2D eigenvalue weighted by Crippen LogP contribution is -2.27. The Morgan fingerprint density at radius 2 is 1.44 bits per heavy atom. The average molecular weight is 389 g/mol. The van der Waals surface area contributed by atoms with Crippen LogP contribution >= 0.6 is 0 Å². The van der Waals surface area contributed by atoms with E-state index in [9.17, 15) is 18.0 Å². The van der Waals surface area contributed by atoms with Crippen molar-refractivity contribution in [2.24, 2.45) is 5.41 Å². The van der Waals surface area contributed by atoms with Crippen molar-refractivity contribution in [3.63, 3.8) is 0 Å². The first-order chi connectivity index (χ1) is 12.4. The van der Waals surface area contributed by atoms with Gasteiger partial charge in [0.15, 0.2) is 0 Å². The van der Waals surface area contributed by atoms with Gasteiger partial charge in [0.2, 0.25) is 15.9 Å². The van der Waals surface area contributed by atoms with Gasteiger partial charge < -0.3 is 10.6 Å². The molecule has 0 aliphatic heterocycles. The van der Waals surface area contributed by atoms with Gasteiger partial charge >= 0.3 is 0 Å². The smallest absolute Gasteiger partial charge is 0.255 e. The molecule has 0 fully saturated rings. The topological polar surface area (TPSA) is 104 Å². The predicted octanol–water partition coefficient (Wildman–Crippen LogP) is 3.30. The number of anilines is 3. The summed E-state index contributed by atoms with van der Waals surface area (Å²) in [5, 5.41) is 5.52. The van der Waals surface area contributed by atoms with Gasteiger partial charge in [0.25, 0.3) is 5.91 Å². The van der Waals surface area contributed by atoms with Gasteiger partial charge in [-0.15, -0.1) is 0 Å². The zero-order valence-electron chi connectivity index (χ0n) is 15.7. The molecule has 7 nitrogen and oxygen atoms in total. The number of hydrogen-bond donors (Lipinski definition) is 3. The van der Waals surface area contributed by atoms with E-state index in [0.29, 0.717) is 22.6 Å². The van der Waals surface area contributed by atoms with Crippen LogP contribution in [0.3, 0.4) is 0 Å². The van der Waals surface area contributed by atoms with Crippen molar-refractivity contribution in [3.05, 3.63) is 54.1 Å². The highest BCUT2D eigenvalue weighted by Gasteiger charge is 2.21. The number of amides is 2. The molecule has 144 valence electrons. The third-order valence-corrected chi connectivity index (χ3v) is 4.12. The highest BCUT2D eigenvalue weighted by atomic mass is 32.2. The summed E-state index contributed by atoms with van der Waals surface area (Å²) in [5.41, 5.74) is 1.31. The van der Waals surface area contributed by atoms with E-state index >= 15 is 0 Å². The molecule has 0 atom stereocenters. The normalized spacial score (nSPS) is 11.6. The van der Waals surface area contributed by atoms with E-state index in [1.807, 2.05) is 0 Å². The van der Waals surface area contributed by atoms with Crippen LogP contribution in [0.15, 0.2) is 48.5 Å². The average Bonchev–Trinajstić information content (AvgIpc) is 2.54. The Hall–Kier alpha value is -2.87. The maximum atomic E-state index is 12.4. The van der Waals surface area contributed by atoms with Crippen molar-refractivity contribution in [1.29, 1.82) is 0 Å². The van der Waals surface area contributed by atoms with Crippen molar-refractivity contribution < 1.29 is 18.0 Å². The maximum Gasteiger partial charge on any atom is 0.255 e. The minimum absolute atomic E-state index is 0.144. The number of benzene rings is 2. The molecule has 8 heteroatoms. The van der Waals surface area contributed by atoms with Gasteiger partial charge in [-0.2, -0.15) is 0 Å². The van der Waals surface area contributed by atoms with Crippen LogP contribution in [-0.4, -0.2) is 26.5 Å². The van der Waals surface area contributed by atoms with Crippen molar-refractivity contribution in [1.82, 2.24) is 0 Å². The molecule has 0 aromatic heterocycles. The molecule has 27 heavy (non-hydrogen) atoms. The highest BCUT2D eigenvalue weighted by Crippen LogP contribution is 2.19. The lowest BCUT2D eigenvalue weighted by Gasteiger charge is -2.18. The van der Waals surface area contributed by atoms with Gasteiger partial charge in [0.1, 0.15) is 0 Å². The Bertz CT molecular complexity index is 946. The third-order valence-electron chi connectivity index (χ3n) is 3.51. The van der Waals surface area contributed by atoms with Crippen LogP contribution in [-0.2, 0) is 14.8 Å². The second-order valence-electron chi connectivity index (χ2n) is 7.19. The van der Waals surface area contributed by atoms with Gasteiger partial charge in [0.05, 0.1) is 6.26 Å². The zero-order chi connectivity index (χ0) is 20.2. The molecule has 2 aromatic rings. The summed E-state index contributed by atoms with van der Waals surface area (Å²) in [7, 11) is -3.35. The summed E-state index contributed by atoms with van der Waals surface area (Å²) in [4.78, 5) is 24.5. The molecule has 2 rings (SSSR count). The minimum atomic E-state index is -3.35. The molecular weight excluding hydrogens is 366 g/mol. The van der Waals surface area contributed by atoms with Crippen LogP contribution in [0.25, 0.3) is 0 Å². The van der Waals surface area contributed by atoms with Gasteiger partial charge in [-0.3, -0.25) is 14.3 Å². The number of hydrogen-bond acceptors (Lipinski definition) is 4. The van der Waals surface area contributed by atoms with Crippen LogP contribution in [0.1, 0.15) is 31.1 Å². The molecular formula is C19H23N3O4S. The molecule has 0 saturated carbocycles. The van der Waals surface area contributed by atoms with Gasteiger partial charge in [-0.25, -0.2) is 8.42 Å². The fourth-order valence-electron chi connectivity index (χ4n) is 2.10. The summed E-state index contributed by atoms with van der Waals surface area (Å²) < 4.78 is 24.8. The summed E-state index contributed by atoms with van der Waals surface area (Å²) >= 11 is 0. The number of sulfonamides is 1. The maximum absolute atomic E-state index is 12.4. The fourth-order valence-corrected chi connectivity index (χ4v) is 2.66. The van der Waals surface area contributed by atoms with E-state index in [2.05, 4.69) is 15.4 Å². The molecule has 3 N–H and O–H groups in total. The molecule has 0 unspecified atom stereocenters. The van der Waals surface area contributed by atoms with E-state index < -0.39 is 15.4 Å². The number of carbonyl (C=O) groups is 2. The fraction of sp³-hybridized carbons (Fsp3) is 0.263. The van der Waals surface area contributed by atoms with Crippen LogP contribution in [0, 0.1) is 5.41 Å². The second-order valence-corrected chi connectivity index (χ2v) is 8.94. The molecule has 0 spiro atoms. The van der Waals surface area contributed by atoms with Gasteiger partial charge in [0, 0.05) is 28.0 Å². The zero-order valence-corrected chi connectivity index (χ0v) is 16.5. The molecule has 2 amide bonds. The molecule has 0 aliphatic rings. The largest absolute Gasteiger partial charge is 0.326 e. The van der Waals surface area contributed by atoms with E-state index in [1.165, 1.54) is 0 Å². The number of carbonyl (C=O) groups excluding carboxylic acids is 2. The van der Waals surface area contributed by atoms with Crippen LogP contribution in [0.2, 0.25) is 0 Å². The SMILES string of the molecule is CC(C)(C)C(=O)Nc1cccc(C(=O)Nc2ccc(NS(C)(=O)=O)cc2)c1. The number of nitrogens with one attached hydrogen (secondary N) is 3. The van der Waals surface area contributed by atoms with Gasteiger partial charge in [-0.05, 0) is 42.5 Å². The van der Waals surface area contributed by atoms with E-state index in [1.54, 1.807) is 69.3 Å². The monoisotopic (exact) mass is 389 g/mol. The minimum Gasteiger partial charge on any atom is -0.326 e. The summed E-state index contributed by atoms with van der Waals surface area (Å²) in [6.45, 7) is 5.42. The molecule has 0 saturated heterocycles. The molecule has 2 aromatic carbocycles. The molecule has 0 radical (unpaired) electrons. The Balaban J connectivity index is 2.08. The van der Waals surface area contributed by atoms with Crippen molar-refractivity contribution in [2.75, 3.05) is 21.6 Å². The Morgan fingerprint density at radius 3 is 2.00 bits per heavy atom. The van der Waals surface area contributed by atoms with Crippen molar-refractivity contribution in [2.45, 2.75) is 20.8 Å². The van der Waals surface area contributed by atoms with Gasteiger partial charge in [-0.1, -0.05) is 26.8 Å². The van der Waals surface area contributed by atoms with Crippen LogP contribution in [0.4, 0.5) is 17.1 Å². The van der Waals surface area contributed by atoms with E-state index in [0.717, 1.165) is 6.26 Å². The first-order valence-electron chi connectivity index (χ1n) is 8.25. The predicted molar refractivity (Wildman–Crippen MR) is 107 cm³/mol. The Morgan fingerprint density at radius 1 is 0.852 bits per heavy atom. The summed E-state index contributed by atoms with van der Waals surface area (Å²) in [5.74, 6) is -0.486. The first kappa shape index (κ1) is 20.4. The Labute approximate surface area is 159 Å². The molecule has 0 heterocycles. The highest BCUT2D eigenvalue weighted by molar-refractivity contribution is 7.92.